The van der Waals surface area contributed by atoms with Crippen LogP contribution in [0.2, 0.25) is 0 Å². The second kappa shape index (κ2) is 5.49. The molecule has 2 aromatic rings. The van der Waals surface area contributed by atoms with Gasteiger partial charge < -0.3 is 5.32 Å². The Morgan fingerprint density at radius 2 is 1.95 bits per heavy atom. The minimum atomic E-state index is -0.708. The lowest BCUT2D eigenvalue weighted by Crippen LogP contribution is -2.13. The van der Waals surface area contributed by atoms with Crippen LogP contribution in [0.3, 0.4) is 0 Å². The molecule has 100 valence electrons. The fraction of sp³-hybridized carbons (Fsp3) is 0.0667. The summed E-state index contributed by atoms with van der Waals surface area (Å²) in [5, 5.41) is 11.3. The third-order valence-corrected chi connectivity index (χ3v) is 2.79. The average Bonchev–Trinajstić information content (AvgIpc) is 2.42. The first-order valence-corrected chi connectivity index (χ1v) is 5.79. The van der Waals surface area contributed by atoms with Crippen molar-refractivity contribution in [2.75, 3.05) is 5.32 Å². The number of anilines is 1. The Hall–Kier alpha value is -2.74. The van der Waals surface area contributed by atoms with Crippen LogP contribution in [-0.4, -0.2) is 5.91 Å². The Morgan fingerprint density at radius 3 is 2.60 bits per heavy atom. The molecule has 0 bridgehead atoms. The van der Waals surface area contributed by atoms with Crippen molar-refractivity contribution in [2.45, 2.75) is 6.92 Å². The summed E-state index contributed by atoms with van der Waals surface area (Å²) in [5.74, 6) is -1.65. The van der Waals surface area contributed by atoms with E-state index in [4.69, 9.17) is 5.26 Å². The molecule has 0 saturated heterocycles. The van der Waals surface area contributed by atoms with E-state index >= 15 is 0 Å². The number of aryl methyl sites for hydroxylation is 1. The first-order chi connectivity index (χ1) is 9.52. The van der Waals surface area contributed by atoms with Gasteiger partial charge in [-0.05, 0) is 42.8 Å². The first-order valence-electron chi connectivity index (χ1n) is 5.79. The van der Waals surface area contributed by atoms with E-state index in [1.807, 2.05) is 0 Å². The third kappa shape index (κ3) is 2.64. The number of hydrogen-bond donors (Lipinski definition) is 1. The molecule has 20 heavy (non-hydrogen) atoms. The minimum Gasteiger partial charge on any atom is -0.321 e. The fourth-order valence-electron chi connectivity index (χ4n) is 1.72. The monoisotopic (exact) mass is 272 g/mol. The summed E-state index contributed by atoms with van der Waals surface area (Å²) in [5.41, 5.74) is 0.411. The van der Waals surface area contributed by atoms with Crippen molar-refractivity contribution in [3.63, 3.8) is 0 Å². The Labute approximate surface area is 114 Å². The number of nitrogens with zero attached hydrogens (tertiary/aromatic N) is 1. The number of nitriles is 1. The largest absolute Gasteiger partial charge is 0.321 e. The molecular formula is C15H10F2N2O. The number of hydrogen-bond acceptors (Lipinski definition) is 2. The molecule has 0 aliphatic rings. The summed E-state index contributed by atoms with van der Waals surface area (Å²) in [6.45, 7) is 1.54. The highest BCUT2D eigenvalue weighted by Crippen LogP contribution is 2.19. The molecule has 2 aromatic carbocycles. The van der Waals surface area contributed by atoms with E-state index in [1.54, 1.807) is 6.07 Å². The van der Waals surface area contributed by atoms with Crippen molar-refractivity contribution in [2.24, 2.45) is 0 Å². The van der Waals surface area contributed by atoms with E-state index in [9.17, 15) is 13.6 Å². The van der Waals surface area contributed by atoms with Gasteiger partial charge in [0.15, 0.2) is 0 Å². The molecule has 1 amide bonds. The van der Waals surface area contributed by atoms with Crippen LogP contribution in [0, 0.1) is 29.9 Å². The molecule has 0 unspecified atom stereocenters. The van der Waals surface area contributed by atoms with Gasteiger partial charge in [-0.2, -0.15) is 5.26 Å². The van der Waals surface area contributed by atoms with E-state index in [1.165, 1.54) is 37.3 Å². The van der Waals surface area contributed by atoms with E-state index in [0.717, 1.165) is 6.07 Å². The van der Waals surface area contributed by atoms with Crippen LogP contribution in [0.5, 0.6) is 0 Å². The number of carbonyl (C=O) groups is 1. The van der Waals surface area contributed by atoms with E-state index in [2.05, 4.69) is 5.32 Å². The van der Waals surface area contributed by atoms with Gasteiger partial charge in [-0.15, -0.1) is 0 Å². The lowest BCUT2D eigenvalue weighted by molar-refractivity contribution is 0.102. The maximum absolute atomic E-state index is 13.4. The van der Waals surface area contributed by atoms with Crippen LogP contribution in [0.4, 0.5) is 14.5 Å². The zero-order valence-electron chi connectivity index (χ0n) is 10.6. The van der Waals surface area contributed by atoms with Gasteiger partial charge in [-0.3, -0.25) is 4.79 Å². The summed E-state index contributed by atoms with van der Waals surface area (Å²) >= 11 is 0. The Bertz CT molecular complexity index is 720. The van der Waals surface area contributed by atoms with E-state index < -0.39 is 17.5 Å². The van der Waals surface area contributed by atoms with Crippen LogP contribution in [-0.2, 0) is 0 Å². The van der Waals surface area contributed by atoms with Gasteiger partial charge >= 0.3 is 0 Å². The molecule has 0 saturated carbocycles. The van der Waals surface area contributed by atoms with Gasteiger partial charge in [0.2, 0.25) is 0 Å². The number of benzene rings is 2. The molecule has 1 N–H and O–H groups in total. The second-order valence-electron chi connectivity index (χ2n) is 4.19. The zero-order chi connectivity index (χ0) is 14.7. The minimum absolute atomic E-state index is 0.0829. The van der Waals surface area contributed by atoms with Gasteiger partial charge in [0.1, 0.15) is 23.3 Å². The van der Waals surface area contributed by atoms with Crippen molar-refractivity contribution in [3.8, 4) is 6.07 Å². The lowest BCUT2D eigenvalue weighted by atomic mass is 10.1. The number of amides is 1. The summed E-state index contributed by atoms with van der Waals surface area (Å²) < 4.78 is 26.5. The van der Waals surface area contributed by atoms with Crippen LogP contribution in [0.15, 0.2) is 36.4 Å². The lowest BCUT2D eigenvalue weighted by Gasteiger charge is -2.08. The standard InChI is InChI=1S/C15H10F2N2O/c1-9-7-10(5-6-12(9)16)15(20)19-14-4-2-3-13(17)11(14)8-18/h2-7H,1H3,(H,19,20). The summed E-state index contributed by atoms with van der Waals surface area (Å²) in [7, 11) is 0. The van der Waals surface area contributed by atoms with Gasteiger partial charge in [0.25, 0.3) is 5.91 Å². The van der Waals surface area contributed by atoms with Crippen LogP contribution >= 0.6 is 0 Å². The Kier molecular flexibility index (Phi) is 3.76. The number of halogens is 2. The maximum Gasteiger partial charge on any atom is 0.255 e. The second-order valence-corrected chi connectivity index (χ2v) is 4.19. The van der Waals surface area contributed by atoms with Crippen LogP contribution < -0.4 is 5.32 Å². The van der Waals surface area contributed by atoms with E-state index in [0.29, 0.717) is 5.56 Å². The predicted molar refractivity (Wildman–Crippen MR) is 70.2 cm³/mol. The highest BCUT2D eigenvalue weighted by molar-refractivity contribution is 6.05. The van der Waals surface area contributed by atoms with Crippen molar-refractivity contribution in [1.82, 2.24) is 0 Å². The normalized spacial score (nSPS) is 9.90. The number of rotatable bonds is 2. The summed E-state index contributed by atoms with van der Waals surface area (Å²) in [4.78, 5) is 12.0. The van der Waals surface area contributed by atoms with Crippen LogP contribution in [0.1, 0.15) is 21.5 Å². The Morgan fingerprint density at radius 1 is 1.20 bits per heavy atom. The molecule has 0 atom stereocenters. The molecule has 0 aromatic heterocycles. The van der Waals surface area contributed by atoms with Gasteiger partial charge in [0, 0.05) is 5.56 Å². The van der Waals surface area contributed by atoms with Gasteiger partial charge in [0.05, 0.1) is 5.69 Å². The third-order valence-electron chi connectivity index (χ3n) is 2.79. The highest BCUT2D eigenvalue weighted by atomic mass is 19.1. The maximum atomic E-state index is 13.4. The predicted octanol–water partition coefficient (Wildman–Crippen LogP) is 3.40. The summed E-state index contributed by atoms with van der Waals surface area (Å²) in [6.07, 6.45) is 0. The fourth-order valence-corrected chi connectivity index (χ4v) is 1.72. The molecule has 5 heteroatoms. The number of nitrogens with one attached hydrogen (secondary N) is 1. The van der Waals surface area contributed by atoms with Crippen molar-refractivity contribution in [1.29, 1.82) is 5.26 Å². The van der Waals surface area contributed by atoms with Crippen LogP contribution in [0.25, 0.3) is 0 Å². The average molecular weight is 272 g/mol. The SMILES string of the molecule is Cc1cc(C(=O)Nc2cccc(F)c2C#N)ccc1F. The van der Waals surface area contributed by atoms with Crippen molar-refractivity contribution in [3.05, 3.63) is 64.7 Å². The Balaban J connectivity index is 2.31. The topological polar surface area (TPSA) is 52.9 Å². The molecule has 0 radical (unpaired) electrons. The van der Waals surface area contributed by atoms with Gasteiger partial charge in [-0.1, -0.05) is 6.07 Å². The molecule has 0 heterocycles. The highest BCUT2D eigenvalue weighted by Gasteiger charge is 2.12. The molecular weight excluding hydrogens is 262 g/mol. The van der Waals surface area contributed by atoms with E-state index in [-0.39, 0.29) is 16.8 Å². The molecule has 0 spiro atoms. The molecule has 2 rings (SSSR count). The smallest absolute Gasteiger partial charge is 0.255 e. The molecule has 0 fully saturated rings. The molecule has 3 nitrogen and oxygen atoms in total. The zero-order valence-corrected chi connectivity index (χ0v) is 10.6. The first kappa shape index (κ1) is 13.7. The quantitative estimate of drug-likeness (QED) is 0.911. The van der Waals surface area contributed by atoms with Gasteiger partial charge in [-0.25, -0.2) is 8.78 Å². The molecule has 0 aliphatic heterocycles. The molecule has 0 aliphatic carbocycles. The van der Waals surface area contributed by atoms with Crippen molar-refractivity contribution < 1.29 is 13.6 Å². The summed E-state index contributed by atoms with van der Waals surface area (Å²) in [6, 6.07) is 9.53. The number of carbonyl (C=O) groups excluding carboxylic acids is 1. The van der Waals surface area contributed by atoms with Crippen molar-refractivity contribution >= 4 is 11.6 Å².